The SMILES string of the molecule is NNc1ccc(C(=O)N2CCCC(O)C2)cc1C(F)(F)F. The van der Waals surface area contributed by atoms with Crippen molar-refractivity contribution in [3.8, 4) is 0 Å². The first-order valence-electron chi connectivity index (χ1n) is 6.48. The highest BCUT2D eigenvalue weighted by Gasteiger charge is 2.35. The summed E-state index contributed by atoms with van der Waals surface area (Å²) in [5.74, 6) is 4.53. The van der Waals surface area contributed by atoms with Crippen LogP contribution >= 0.6 is 0 Å². The number of β-amino-alcohol motifs (C(OH)–C–C–N with tert-alkyl or cyclic N) is 1. The van der Waals surface area contributed by atoms with Crippen LogP contribution in [-0.4, -0.2) is 35.1 Å². The van der Waals surface area contributed by atoms with E-state index in [0.717, 1.165) is 12.1 Å². The maximum absolute atomic E-state index is 12.9. The number of piperidine rings is 1. The number of nitrogens with one attached hydrogen (secondary N) is 1. The lowest BCUT2D eigenvalue weighted by atomic mass is 10.0. The fraction of sp³-hybridized carbons (Fsp3) is 0.462. The number of benzene rings is 1. The molecule has 1 amide bonds. The molecule has 8 heteroatoms. The standard InChI is InChI=1S/C13H16F3N3O2/c14-13(15,16)10-6-8(3-4-11(10)18-17)12(21)19-5-1-2-9(20)7-19/h3-4,6,9,18,20H,1-2,5,7,17H2. The monoisotopic (exact) mass is 303 g/mol. The van der Waals surface area contributed by atoms with Gasteiger partial charge in [0.2, 0.25) is 0 Å². The van der Waals surface area contributed by atoms with Crippen molar-refractivity contribution in [3.05, 3.63) is 29.3 Å². The van der Waals surface area contributed by atoms with Gasteiger partial charge in [0.05, 0.1) is 17.4 Å². The fourth-order valence-electron chi connectivity index (χ4n) is 2.36. The number of nitrogens with zero attached hydrogens (tertiary/aromatic N) is 1. The Hall–Kier alpha value is -1.80. The predicted molar refractivity (Wildman–Crippen MR) is 70.4 cm³/mol. The van der Waals surface area contributed by atoms with Gasteiger partial charge in [0.25, 0.3) is 5.91 Å². The Kier molecular flexibility index (Phi) is 4.38. The Morgan fingerprint density at radius 3 is 2.71 bits per heavy atom. The van der Waals surface area contributed by atoms with E-state index in [9.17, 15) is 23.1 Å². The van der Waals surface area contributed by atoms with E-state index in [2.05, 4.69) is 0 Å². The van der Waals surface area contributed by atoms with Crippen molar-refractivity contribution in [2.75, 3.05) is 18.5 Å². The summed E-state index contributed by atoms with van der Waals surface area (Å²) in [6.07, 6.45) is -4.02. The highest BCUT2D eigenvalue weighted by molar-refractivity contribution is 5.95. The number of hydrogen-bond donors (Lipinski definition) is 3. The van der Waals surface area contributed by atoms with Crippen molar-refractivity contribution in [1.29, 1.82) is 0 Å². The number of carbonyl (C=O) groups excluding carboxylic acids is 1. The molecule has 0 radical (unpaired) electrons. The van der Waals surface area contributed by atoms with Crippen LogP contribution in [0.25, 0.3) is 0 Å². The second kappa shape index (κ2) is 5.90. The highest BCUT2D eigenvalue weighted by Crippen LogP contribution is 2.35. The summed E-state index contributed by atoms with van der Waals surface area (Å²) in [6.45, 7) is 0.561. The zero-order chi connectivity index (χ0) is 15.6. The fourth-order valence-corrected chi connectivity index (χ4v) is 2.36. The molecule has 1 aromatic carbocycles. The second-order valence-electron chi connectivity index (χ2n) is 4.95. The van der Waals surface area contributed by atoms with Crippen molar-refractivity contribution in [3.63, 3.8) is 0 Å². The van der Waals surface area contributed by atoms with Crippen LogP contribution in [0.2, 0.25) is 0 Å². The van der Waals surface area contributed by atoms with Crippen molar-refractivity contribution in [2.24, 2.45) is 5.84 Å². The van der Waals surface area contributed by atoms with Gasteiger partial charge in [0.15, 0.2) is 0 Å². The van der Waals surface area contributed by atoms with E-state index in [0.29, 0.717) is 19.4 Å². The van der Waals surface area contributed by atoms with E-state index in [1.54, 1.807) is 0 Å². The summed E-state index contributed by atoms with van der Waals surface area (Å²) >= 11 is 0. The molecule has 2 rings (SSSR count). The molecule has 1 saturated heterocycles. The number of nitrogens with two attached hydrogens (primary N) is 1. The van der Waals surface area contributed by atoms with Gasteiger partial charge in [0.1, 0.15) is 0 Å². The predicted octanol–water partition coefficient (Wildman–Crippen LogP) is 1.59. The van der Waals surface area contributed by atoms with Crippen LogP contribution in [0.4, 0.5) is 18.9 Å². The van der Waals surface area contributed by atoms with Crippen LogP contribution in [-0.2, 0) is 6.18 Å². The topological polar surface area (TPSA) is 78.6 Å². The molecule has 1 heterocycles. The van der Waals surface area contributed by atoms with E-state index < -0.39 is 23.8 Å². The van der Waals surface area contributed by atoms with E-state index in [1.165, 1.54) is 11.0 Å². The van der Waals surface area contributed by atoms with E-state index >= 15 is 0 Å². The largest absolute Gasteiger partial charge is 0.418 e. The molecule has 0 aliphatic carbocycles. The summed E-state index contributed by atoms with van der Waals surface area (Å²) < 4.78 is 38.8. The molecule has 1 aliphatic rings. The second-order valence-corrected chi connectivity index (χ2v) is 4.95. The zero-order valence-electron chi connectivity index (χ0n) is 11.2. The molecule has 1 fully saturated rings. The van der Waals surface area contributed by atoms with Crippen LogP contribution in [0, 0.1) is 0 Å². The first kappa shape index (κ1) is 15.6. The highest BCUT2D eigenvalue weighted by atomic mass is 19.4. The molecule has 1 aliphatic heterocycles. The number of hydrazine groups is 1. The zero-order valence-corrected chi connectivity index (χ0v) is 11.2. The number of hydrogen-bond acceptors (Lipinski definition) is 4. The first-order chi connectivity index (χ1) is 9.82. The summed E-state index contributed by atoms with van der Waals surface area (Å²) in [5, 5.41) is 9.54. The van der Waals surface area contributed by atoms with Crippen molar-refractivity contribution in [1.82, 2.24) is 4.90 Å². The molecule has 1 unspecified atom stereocenters. The molecular weight excluding hydrogens is 287 g/mol. The number of carbonyl (C=O) groups is 1. The van der Waals surface area contributed by atoms with Crippen LogP contribution in [0.3, 0.4) is 0 Å². The number of rotatable bonds is 2. The molecule has 21 heavy (non-hydrogen) atoms. The number of anilines is 1. The molecule has 1 atom stereocenters. The van der Waals surface area contributed by atoms with Crippen LogP contribution in [0.1, 0.15) is 28.8 Å². The van der Waals surface area contributed by atoms with Crippen LogP contribution in [0.15, 0.2) is 18.2 Å². The van der Waals surface area contributed by atoms with Gasteiger partial charge >= 0.3 is 6.18 Å². The number of halogens is 3. The molecule has 0 spiro atoms. The van der Waals surface area contributed by atoms with Crippen LogP contribution in [0.5, 0.6) is 0 Å². The van der Waals surface area contributed by atoms with Gasteiger partial charge in [-0.1, -0.05) is 0 Å². The smallest absolute Gasteiger partial charge is 0.391 e. The Morgan fingerprint density at radius 2 is 2.14 bits per heavy atom. The molecule has 0 aromatic heterocycles. The molecular formula is C13H16F3N3O2. The summed E-state index contributed by atoms with van der Waals surface area (Å²) in [6, 6.07) is 3.18. The maximum Gasteiger partial charge on any atom is 0.418 e. The lowest BCUT2D eigenvalue weighted by molar-refractivity contribution is -0.137. The van der Waals surface area contributed by atoms with Gasteiger partial charge < -0.3 is 15.4 Å². The van der Waals surface area contributed by atoms with E-state index in [1.807, 2.05) is 5.43 Å². The average molecular weight is 303 g/mol. The summed E-state index contributed by atoms with van der Waals surface area (Å²) in [4.78, 5) is 13.6. The third kappa shape index (κ3) is 3.45. The lowest BCUT2D eigenvalue weighted by Crippen LogP contribution is -2.42. The number of alkyl halides is 3. The minimum atomic E-state index is -4.61. The van der Waals surface area contributed by atoms with E-state index in [4.69, 9.17) is 5.84 Å². The van der Waals surface area contributed by atoms with Crippen LogP contribution < -0.4 is 11.3 Å². The van der Waals surface area contributed by atoms with Crippen molar-refractivity contribution < 1.29 is 23.1 Å². The Morgan fingerprint density at radius 1 is 1.43 bits per heavy atom. The third-order valence-electron chi connectivity index (χ3n) is 3.41. The molecule has 0 saturated carbocycles. The van der Waals surface area contributed by atoms with Gasteiger partial charge in [-0.05, 0) is 31.0 Å². The maximum atomic E-state index is 12.9. The van der Waals surface area contributed by atoms with Gasteiger partial charge in [-0.15, -0.1) is 0 Å². The number of nitrogen functional groups attached to an aromatic ring is 1. The Balaban J connectivity index is 2.29. The average Bonchev–Trinajstić information content (AvgIpc) is 2.45. The number of amides is 1. The number of likely N-dealkylation sites (tertiary alicyclic amines) is 1. The molecule has 0 bridgehead atoms. The molecule has 5 nitrogen and oxygen atoms in total. The van der Waals surface area contributed by atoms with Crippen molar-refractivity contribution in [2.45, 2.75) is 25.1 Å². The van der Waals surface area contributed by atoms with Gasteiger partial charge in [-0.2, -0.15) is 13.2 Å². The molecule has 1 aromatic rings. The Labute approximate surface area is 119 Å². The summed E-state index contributed by atoms with van der Waals surface area (Å²) in [7, 11) is 0. The normalized spacial score (nSPS) is 19.5. The van der Waals surface area contributed by atoms with Gasteiger partial charge in [0, 0.05) is 18.7 Å². The quantitative estimate of drug-likeness (QED) is 0.572. The minimum absolute atomic E-state index is 0.0737. The first-order valence-corrected chi connectivity index (χ1v) is 6.48. The number of aliphatic hydroxyl groups excluding tert-OH is 1. The summed E-state index contributed by atoms with van der Waals surface area (Å²) in [5.41, 5.74) is 0.610. The van der Waals surface area contributed by atoms with Gasteiger partial charge in [-0.3, -0.25) is 10.6 Å². The van der Waals surface area contributed by atoms with Crippen molar-refractivity contribution >= 4 is 11.6 Å². The van der Waals surface area contributed by atoms with Gasteiger partial charge in [-0.25, -0.2) is 0 Å². The minimum Gasteiger partial charge on any atom is -0.391 e. The lowest BCUT2D eigenvalue weighted by Gasteiger charge is -2.30. The Bertz CT molecular complexity index is 534. The number of aliphatic hydroxyl groups is 1. The molecule has 116 valence electrons. The molecule has 4 N–H and O–H groups in total. The van der Waals surface area contributed by atoms with E-state index in [-0.39, 0.29) is 17.8 Å². The third-order valence-corrected chi connectivity index (χ3v) is 3.41.